The summed E-state index contributed by atoms with van der Waals surface area (Å²) < 4.78 is 4.85. The van der Waals surface area contributed by atoms with Gasteiger partial charge in [0.1, 0.15) is 0 Å². The molecule has 2 rings (SSSR count). The number of ether oxygens (including phenoxy) is 1. The number of imide groups is 1. The van der Waals surface area contributed by atoms with Gasteiger partial charge in [-0.2, -0.15) is 0 Å². The van der Waals surface area contributed by atoms with Gasteiger partial charge in [-0.15, -0.1) is 0 Å². The highest BCUT2D eigenvalue weighted by Gasteiger charge is 2.38. The fourth-order valence-corrected chi connectivity index (χ4v) is 2.15. The molecule has 3 amide bonds. The molecule has 0 saturated heterocycles. The minimum atomic E-state index is -0.823. The molecular formula is C16H18N2O6. The number of benzene rings is 1. The number of hydrogen-bond donors (Lipinski definition) is 1. The second-order valence-electron chi connectivity index (χ2n) is 5.11. The average Bonchev–Trinajstić information content (AvgIpc) is 2.82. The zero-order chi connectivity index (χ0) is 17.5. The Hall–Kier alpha value is -2.74. The van der Waals surface area contributed by atoms with E-state index in [9.17, 15) is 19.2 Å². The van der Waals surface area contributed by atoms with Gasteiger partial charge in [0.05, 0.1) is 17.5 Å². The lowest BCUT2D eigenvalue weighted by molar-refractivity contribution is -0.169. The molecule has 0 saturated carbocycles. The zero-order valence-electron chi connectivity index (χ0n) is 13.2. The van der Waals surface area contributed by atoms with Crippen LogP contribution in [0.4, 0.5) is 0 Å². The van der Waals surface area contributed by atoms with E-state index in [0.29, 0.717) is 24.6 Å². The van der Waals surface area contributed by atoms with Gasteiger partial charge in [0.25, 0.3) is 11.8 Å². The Bertz CT molecular complexity index is 623. The van der Waals surface area contributed by atoms with Crippen molar-refractivity contribution in [3.63, 3.8) is 0 Å². The van der Waals surface area contributed by atoms with Crippen molar-refractivity contribution in [3.05, 3.63) is 35.4 Å². The second kappa shape index (κ2) is 8.21. The van der Waals surface area contributed by atoms with Gasteiger partial charge in [0, 0.05) is 26.7 Å². The van der Waals surface area contributed by atoms with Crippen molar-refractivity contribution in [1.82, 2.24) is 10.4 Å². The Morgan fingerprint density at radius 2 is 1.71 bits per heavy atom. The molecular weight excluding hydrogens is 316 g/mol. The molecule has 0 fully saturated rings. The Kier molecular flexibility index (Phi) is 6.02. The molecule has 1 aliphatic rings. The molecule has 0 aliphatic carbocycles. The number of methoxy groups -OCH3 is 1. The quantitative estimate of drug-likeness (QED) is 0.554. The summed E-state index contributed by atoms with van der Waals surface area (Å²) in [5, 5.41) is 3.06. The van der Waals surface area contributed by atoms with E-state index in [4.69, 9.17) is 9.57 Å². The molecule has 1 aliphatic heterocycles. The van der Waals surface area contributed by atoms with Crippen molar-refractivity contribution >= 4 is 23.7 Å². The molecule has 1 N–H and O–H groups in total. The van der Waals surface area contributed by atoms with Crippen molar-refractivity contribution in [2.24, 2.45) is 0 Å². The molecule has 0 unspecified atom stereocenters. The first-order valence-electron chi connectivity index (χ1n) is 7.49. The standard InChI is InChI=1S/C16H18N2O6/c1-23-10-4-9-17-13(19)7-8-14(20)24-18-15(21)11-5-2-3-6-12(11)16(18)22/h2-3,5-6H,4,7-10H2,1H3,(H,17,19). The number of nitrogens with one attached hydrogen (secondary N) is 1. The van der Waals surface area contributed by atoms with Crippen LogP contribution in [-0.4, -0.2) is 49.0 Å². The van der Waals surface area contributed by atoms with Crippen molar-refractivity contribution in [2.45, 2.75) is 19.3 Å². The number of fused-ring (bicyclic) bond motifs is 1. The summed E-state index contributed by atoms with van der Waals surface area (Å²) in [4.78, 5) is 52.1. The minimum Gasteiger partial charge on any atom is -0.385 e. The summed E-state index contributed by atoms with van der Waals surface area (Å²) in [7, 11) is 1.57. The molecule has 0 bridgehead atoms. The van der Waals surface area contributed by atoms with Crippen LogP contribution >= 0.6 is 0 Å². The van der Waals surface area contributed by atoms with E-state index in [1.54, 1.807) is 19.2 Å². The van der Waals surface area contributed by atoms with Crippen molar-refractivity contribution in [3.8, 4) is 0 Å². The molecule has 1 aromatic carbocycles. The lowest BCUT2D eigenvalue weighted by Gasteiger charge is -2.12. The van der Waals surface area contributed by atoms with Crippen LogP contribution < -0.4 is 5.32 Å². The first-order chi connectivity index (χ1) is 11.5. The highest BCUT2D eigenvalue weighted by Crippen LogP contribution is 2.22. The van der Waals surface area contributed by atoms with Gasteiger partial charge in [-0.3, -0.25) is 14.4 Å². The van der Waals surface area contributed by atoms with E-state index in [0.717, 1.165) is 0 Å². The van der Waals surface area contributed by atoms with Gasteiger partial charge in [0.15, 0.2) is 0 Å². The van der Waals surface area contributed by atoms with Crippen LogP contribution in [-0.2, 0) is 19.2 Å². The van der Waals surface area contributed by atoms with E-state index < -0.39 is 17.8 Å². The molecule has 1 aromatic rings. The van der Waals surface area contributed by atoms with E-state index in [1.165, 1.54) is 12.1 Å². The maximum Gasteiger partial charge on any atom is 0.333 e. The molecule has 8 nitrogen and oxygen atoms in total. The maximum absolute atomic E-state index is 12.0. The number of nitrogens with zero attached hydrogens (tertiary/aromatic N) is 1. The van der Waals surface area contributed by atoms with Crippen LogP contribution in [0.3, 0.4) is 0 Å². The van der Waals surface area contributed by atoms with Crippen LogP contribution in [0.1, 0.15) is 40.0 Å². The number of amides is 3. The number of hydroxylamine groups is 2. The van der Waals surface area contributed by atoms with Gasteiger partial charge in [-0.25, -0.2) is 4.79 Å². The highest BCUT2D eigenvalue weighted by atomic mass is 16.7. The fourth-order valence-electron chi connectivity index (χ4n) is 2.15. The number of rotatable bonds is 8. The smallest absolute Gasteiger partial charge is 0.333 e. The lowest BCUT2D eigenvalue weighted by Crippen LogP contribution is -2.33. The lowest BCUT2D eigenvalue weighted by atomic mass is 10.1. The third-order valence-electron chi connectivity index (χ3n) is 3.35. The third kappa shape index (κ3) is 4.17. The van der Waals surface area contributed by atoms with Crippen LogP contribution in [0.15, 0.2) is 24.3 Å². The van der Waals surface area contributed by atoms with Crippen LogP contribution in [0.2, 0.25) is 0 Å². The first-order valence-corrected chi connectivity index (χ1v) is 7.49. The van der Waals surface area contributed by atoms with Gasteiger partial charge in [0.2, 0.25) is 5.91 Å². The largest absolute Gasteiger partial charge is 0.385 e. The molecule has 8 heteroatoms. The monoisotopic (exact) mass is 334 g/mol. The summed E-state index contributed by atoms with van der Waals surface area (Å²) >= 11 is 0. The number of carbonyl (C=O) groups excluding carboxylic acids is 4. The second-order valence-corrected chi connectivity index (χ2v) is 5.11. The van der Waals surface area contributed by atoms with E-state index >= 15 is 0 Å². The van der Waals surface area contributed by atoms with Crippen molar-refractivity contribution < 1.29 is 28.8 Å². The summed E-state index contributed by atoms with van der Waals surface area (Å²) in [6.45, 7) is 0.974. The highest BCUT2D eigenvalue weighted by molar-refractivity contribution is 6.20. The van der Waals surface area contributed by atoms with Gasteiger partial charge in [-0.05, 0) is 18.6 Å². The molecule has 1 heterocycles. The van der Waals surface area contributed by atoms with Crippen molar-refractivity contribution in [2.75, 3.05) is 20.3 Å². The van der Waals surface area contributed by atoms with E-state index in [1.807, 2.05) is 0 Å². The van der Waals surface area contributed by atoms with Gasteiger partial charge in [-0.1, -0.05) is 17.2 Å². The molecule has 128 valence electrons. The zero-order valence-corrected chi connectivity index (χ0v) is 13.2. The molecule has 0 atom stereocenters. The third-order valence-corrected chi connectivity index (χ3v) is 3.35. The normalized spacial score (nSPS) is 13.0. The van der Waals surface area contributed by atoms with Crippen LogP contribution in [0.5, 0.6) is 0 Å². The Morgan fingerprint density at radius 1 is 1.08 bits per heavy atom. The van der Waals surface area contributed by atoms with Gasteiger partial charge < -0.3 is 14.9 Å². The SMILES string of the molecule is COCCCNC(=O)CCC(=O)ON1C(=O)c2ccccc2C1=O. The summed E-state index contributed by atoms with van der Waals surface area (Å²) in [6.07, 6.45) is 0.347. The predicted octanol–water partition coefficient (Wildman–Crippen LogP) is 0.674. The summed E-state index contributed by atoms with van der Waals surface area (Å²) in [5.41, 5.74) is 0.373. The van der Waals surface area contributed by atoms with Crippen LogP contribution in [0.25, 0.3) is 0 Å². The maximum atomic E-state index is 12.0. The predicted molar refractivity (Wildman–Crippen MR) is 81.8 cm³/mol. The Balaban J connectivity index is 1.78. The minimum absolute atomic E-state index is 0.0883. The summed E-state index contributed by atoms with van der Waals surface area (Å²) in [5.74, 6) is -2.51. The Morgan fingerprint density at radius 3 is 2.29 bits per heavy atom. The van der Waals surface area contributed by atoms with E-state index in [-0.39, 0.29) is 29.9 Å². The van der Waals surface area contributed by atoms with Crippen molar-refractivity contribution in [1.29, 1.82) is 0 Å². The fraction of sp³-hybridized carbons (Fsp3) is 0.375. The first kappa shape index (κ1) is 17.6. The molecule has 24 heavy (non-hydrogen) atoms. The molecule has 0 radical (unpaired) electrons. The van der Waals surface area contributed by atoms with Crippen LogP contribution in [0, 0.1) is 0 Å². The average molecular weight is 334 g/mol. The van der Waals surface area contributed by atoms with E-state index in [2.05, 4.69) is 5.32 Å². The number of hydrogen-bond acceptors (Lipinski definition) is 6. The number of carbonyl (C=O) groups is 4. The Labute approximate surface area is 138 Å². The van der Waals surface area contributed by atoms with Gasteiger partial charge >= 0.3 is 5.97 Å². The molecule has 0 spiro atoms. The topological polar surface area (TPSA) is 102 Å². The molecule has 0 aromatic heterocycles. The summed E-state index contributed by atoms with van der Waals surface area (Å²) in [6, 6.07) is 6.19.